The van der Waals surface area contributed by atoms with Crippen molar-refractivity contribution in [3.8, 4) is 0 Å². The van der Waals surface area contributed by atoms with E-state index < -0.39 is 25.1 Å². The van der Waals surface area contributed by atoms with Gasteiger partial charge >= 0.3 is 18.3 Å². The third kappa shape index (κ3) is 11.1. The molecule has 0 aliphatic heterocycles. The second kappa shape index (κ2) is 12.1. The smallest absolute Gasteiger partial charge is 0.411 e. The molecule has 0 radical (unpaired) electrons. The Balaban J connectivity index is 3.56. The van der Waals surface area contributed by atoms with E-state index >= 15 is 0 Å². The van der Waals surface area contributed by atoms with Gasteiger partial charge in [0.05, 0.1) is 19.9 Å². The van der Waals surface area contributed by atoms with Crippen LogP contribution >= 0.6 is 0 Å². The summed E-state index contributed by atoms with van der Waals surface area (Å²) >= 11 is 0. The highest BCUT2D eigenvalue weighted by molar-refractivity contribution is 5.76. The van der Waals surface area contributed by atoms with Gasteiger partial charge in [-0.2, -0.15) is 0 Å². The zero-order valence-electron chi connectivity index (χ0n) is 12.4. The Labute approximate surface area is 127 Å². The van der Waals surface area contributed by atoms with E-state index in [0.29, 0.717) is 6.42 Å². The van der Waals surface area contributed by atoms with E-state index in [9.17, 15) is 19.2 Å². The lowest BCUT2D eigenvalue weighted by molar-refractivity contribution is -0.120. The van der Waals surface area contributed by atoms with Crippen molar-refractivity contribution in [2.24, 2.45) is 0 Å². The lowest BCUT2D eigenvalue weighted by Crippen LogP contribution is -2.39. The van der Waals surface area contributed by atoms with Gasteiger partial charge in [0.15, 0.2) is 0 Å². The fourth-order valence-electron chi connectivity index (χ4n) is 0.949. The lowest BCUT2D eigenvalue weighted by Gasteiger charge is -2.09. The molecular weight excluding hydrogens is 300 g/mol. The summed E-state index contributed by atoms with van der Waals surface area (Å²) in [5.41, 5.74) is 0. The maximum Gasteiger partial charge on any atom is 0.411 e. The predicted molar refractivity (Wildman–Crippen MR) is 72.4 cm³/mol. The topological polar surface area (TPSA) is 144 Å². The quantitative estimate of drug-likeness (QED) is 0.445. The SMILES string of the molecule is CCOC(=O)NCNC(=O)OCOC(=O)NCNC(=O)CC. The molecule has 0 saturated carbocycles. The number of carbonyl (C=O) groups excluding carboxylic acids is 4. The van der Waals surface area contributed by atoms with Gasteiger partial charge in [0, 0.05) is 6.42 Å². The summed E-state index contributed by atoms with van der Waals surface area (Å²) in [5.74, 6) is -0.231. The van der Waals surface area contributed by atoms with Crippen LogP contribution in [0.25, 0.3) is 0 Å². The monoisotopic (exact) mass is 320 g/mol. The molecule has 4 N–H and O–H groups in total. The van der Waals surface area contributed by atoms with Crippen molar-refractivity contribution in [3.63, 3.8) is 0 Å². The first-order valence-electron chi connectivity index (χ1n) is 6.48. The highest BCUT2D eigenvalue weighted by atomic mass is 16.7. The molecule has 0 unspecified atom stereocenters. The van der Waals surface area contributed by atoms with E-state index in [2.05, 4.69) is 35.5 Å². The van der Waals surface area contributed by atoms with Crippen molar-refractivity contribution in [2.45, 2.75) is 20.3 Å². The highest BCUT2D eigenvalue weighted by Gasteiger charge is 2.06. The highest BCUT2D eigenvalue weighted by Crippen LogP contribution is 1.82. The molecule has 0 bridgehead atoms. The van der Waals surface area contributed by atoms with E-state index in [1.807, 2.05) is 0 Å². The molecule has 0 heterocycles. The van der Waals surface area contributed by atoms with Gasteiger partial charge in [0.25, 0.3) is 0 Å². The molecule has 11 heteroatoms. The fourth-order valence-corrected chi connectivity index (χ4v) is 0.949. The van der Waals surface area contributed by atoms with Crippen molar-refractivity contribution < 1.29 is 33.4 Å². The van der Waals surface area contributed by atoms with E-state index in [1.54, 1.807) is 13.8 Å². The Morgan fingerprint density at radius 3 is 1.64 bits per heavy atom. The number of nitrogens with one attached hydrogen (secondary N) is 4. The van der Waals surface area contributed by atoms with Crippen LogP contribution in [0.1, 0.15) is 20.3 Å². The molecular formula is C11H20N4O7. The van der Waals surface area contributed by atoms with Gasteiger partial charge < -0.3 is 35.5 Å². The number of hydrogen-bond donors (Lipinski definition) is 4. The summed E-state index contributed by atoms with van der Waals surface area (Å²) in [4.78, 5) is 43.9. The molecule has 0 fully saturated rings. The van der Waals surface area contributed by atoms with Crippen LogP contribution in [-0.4, -0.2) is 50.9 Å². The third-order valence-corrected chi connectivity index (χ3v) is 1.96. The zero-order valence-corrected chi connectivity index (χ0v) is 12.4. The fraction of sp³-hybridized carbons (Fsp3) is 0.636. The molecule has 0 atom stereocenters. The van der Waals surface area contributed by atoms with Crippen molar-refractivity contribution in [2.75, 3.05) is 26.7 Å². The van der Waals surface area contributed by atoms with Crippen LogP contribution in [0.3, 0.4) is 0 Å². The minimum absolute atomic E-state index is 0.0961. The minimum Gasteiger partial charge on any atom is -0.450 e. The van der Waals surface area contributed by atoms with Crippen molar-refractivity contribution in [3.05, 3.63) is 0 Å². The first-order valence-corrected chi connectivity index (χ1v) is 6.48. The Kier molecular flexibility index (Phi) is 10.6. The first kappa shape index (κ1) is 19.3. The number of ether oxygens (including phenoxy) is 3. The predicted octanol–water partition coefficient (Wildman–Crippen LogP) is -0.416. The van der Waals surface area contributed by atoms with Crippen LogP contribution in [0.5, 0.6) is 0 Å². The van der Waals surface area contributed by atoms with Gasteiger partial charge in [0.1, 0.15) is 0 Å². The third-order valence-electron chi connectivity index (χ3n) is 1.96. The molecule has 0 aliphatic rings. The molecule has 4 amide bonds. The van der Waals surface area contributed by atoms with Gasteiger partial charge in [-0.1, -0.05) is 6.92 Å². The number of rotatable bonds is 8. The second-order valence-electron chi connectivity index (χ2n) is 3.54. The van der Waals surface area contributed by atoms with Gasteiger partial charge in [-0.15, -0.1) is 0 Å². The molecule has 0 saturated heterocycles. The molecule has 126 valence electrons. The lowest BCUT2D eigenvalue weighted by atomic mass is 10.5. The Morgan fingerprint density at radius 1 is 0.727 bits per heavy atom. The number of alkyl carbamates (subject to hydrolysis) is 3. The molecule has 0 rings (SSSR count). The van der Waals surface area contributed by atoms with E-state index in [4.69, 9.17) is 0 Å². The Bertz CT molecular complexity index is 389. The second-order valence-corrected chi connectivity index (χ2v) is 3.54. The summed E-state index contributed by atoms with van der Waals surface area (Å²) in [5, 5.41) is 9.00. The van der Waals surface area contributed by atoms with Crippen molar-refractivity contribution in [1.82, 2.24) is 21.3 Å². The number of carbonyl (C=O) groups is 4. The van der Waals surface area contributed by atoms with E-state index in [-0.39, 0.29) is 25.9 Å². The molecule has 0 aromatic rings. The minimum atomic E-state index is -0.899. The van der Waals surface area contributed by atoms with E-state index in [1.165, 1.54) is 0 Å². The summed E-state index contributed by atoms with van der Waals surface area (Å²) in [6.07, 6.45) is -2.16. The van der Waals surface area contributed by atoms with Crippen LogP contribution in [0, 0.1) is 0 Å². The number of amides is 4. The van der Waals surface area contributed by atoms with Crippen LogP contribution in [0.15, 0.2) is 0 Å². The Hall–Kier alpha value is -2.72. The zero-order chi connectivity index (χ0) is 16.8. The van der Waals surface area contributed by atoms with Gasteiger partial charge in [0.2, 0.25) is 12.7 Å². The molecule has 11 nitrogen and oxygen atoms in total. The van der Waals surface area contributed by atoms with Crippen molar-refractivity contribution >= 4 is 24.2 Å². The first-order chi connectivity index (χ1) is 10.5. The van der Waals surface area contributed by atoms with Gasteiger partial charge in [-0.05, 0) is 6.92 Å². The van der Waals surface area contributed by atoms with Crippen LogP contribution in [0.4, 0.5) is 14.4 Å². The maximum atomic E-state index is 11.1. The van der Waals surface area contributed by atoms with Crippen LogP contribution < -0.4 is 21.3 Å². The summed E-state index contributed by atoms with van der Waals surface area (Å²) in [6, 6.07) is 0. The average molecular weight is 320 g/mol. The molecule has 0 spiro atoms. The molecule has 0 aromatic heterocycles. The van der Waals surface area contributed by atoms with Crippen LogP contribution in [0.2, 0.25) is 0 Å². The molecule has 22 heavy (non-hydrogen) atoms. The maximum absolute atomic E-state index is 11.1. The van der Waals surface area contributed by atoms with Gasteiger partial charge in [-0.3, -0.25) is 4.79 Å². The summed E-state index contributed by atoms with van der Waals surface area (Å²) < 4.78 is 13.5. The largest absolute Gasteiger partial charge is 0.450 e. The van der Waals surface area contributed by atoms with E-state index in [0.717, 1.165) is 0 Å². The average Bonchev–Trinajstić information content (AvgIpc) is 2.47. The van der Waals surface area contributed by atoms with Crippen molar-refractivity contribution in [1.29, 1.82) is 0 Å². The summed E-state index contributed by atoms with van der Waals surface area (Å²) in [7, 11) is 0. The normalized spacial score (nSPS) is 9.18. The molecule has 0 aliphatic carbocycles. The standard InChI is InChI=1S/C11H20N4O7/c1-3-8(16)12-5-13-10(18)21-7-22-11(19)15-6-14-9(17)20-4-2/h3-7H2,1-2H3,(H,12,16)(H,13,18)(H,14,17)(H,15,19). The molecule has 0 aromatic carbocycles. The number of hydrogen-bond acceptors (Lipinski definition) is 7. The Morgan fingerprint density at radius 2 is 1.18 bits per heavy atom. The van der Waals surface area contributed by atoms with Gasteiger partial charge in [-0.25, -0.2) is 14.4 Å². The van der Waals surface area contributed by atoms with Crippen LogP contribution in [-0.2, 0) is 19.0 Å². The summed E-state index contributed by atoms with van der Waals surface area (Å²) in [6.45, 7) is 2.58.